The molecule has 0 bridgehead atoms. The molecule has 0 saturated heterocycles. The van der Waals surface area contributed by atoms with E-state index in [0.717, 1.165) is 16.3 Å². The number of methoxy groups -OCH3 is 1. The summed E-state index contributed by atoms with van der Waals surface area (Å²) < 4.78 is 44.2. The summed E-state index contributed by atoms with van der Waals surface area (Å²) in [6.45, 7) is 0.268. The van der Waals surface area contributed by atoms with Crippen LogP contribution in [0.4, 0.5) is 13.2 Å². The Hall–Kier alpha value is -3.29. The Kier molecular flexibility index (Phi) is 5.16. The monoisotopic (exact) mass is 375 g/mol. The first-order valence-corrected chi connectivity index (χ1v) is 8.02. The SMILES string of the molecule is COc1ccccc1C(=O)NCc1ccc(-n2ccc(C(F)(F)F)n2)cc1. The third kappa shape index (κ3) is 4.28. The first kappa shape index (κ1) is 18.5. The molecule has 0 saturated carbocycles. The molecule has 3 rings (SSSR count). The summed E-state index contributed by atoms with van der Waals surface area (Å²) in [5.41, 5.74) is 0.763. The van der Waals surface area contributed by atoms with Crippen LogP contribution in [-0.2, 0) is 12.7 Å². The number of carbonyl (C=O) groups is 1. The second-order valence-electron chi connectivity index (χ2n) is 5.69. The Bertz CT molecular complexity index is 934. The molecule has 3 aromatic rings. The summed E-state index contributed by atoms with van der Waals surface area (Å²) in [5.74, 6) is 0.197. The molecule has 0 aliphatic heterocycles. The molecule has 0 unspecified atom stereocenters. The van der Waals surface area contributed by atoms with Crippen LogP contribution >= 0.6 is 0 Å². The first-order valence-electron chi connectivity index (χ1n) is 8.02. The third-order valence-electron chi connectivity index (χ3n) is 3.89. The van der Waals surface area contributed by atoms with Gasteiger partial charge in [0.1, 0.15) is 5.75 Å². The molecule has 27 heavy (non-hydrogen) atoms. The number of alkyl halides is 3. The number of hydrogen-bond donors (Lipinski definition) is 1. The van der Waals surface area contributed by atoms with E-state index in [-0.39, 0.29) is 12.5 Å². The Morgan fingerprint density at radius 1 is 1.11 bits per heavy atom. The fourth-order valence-electron chi connectivity index (χ4n) is 2.50. The molecule has 0 aliphatic carbocycles. The topological polar surface area (TPSA) is 56.1 Å². The van der Waals surface area contributed by atoms with Crippen molar-refractivity contribution >= 4 is 5.91 Å². The number of ether oxygens (including phenoxy) is 1. The first-order chi connectivity index (χ1) is 12.9. The normalized spacial score (nSPS) is 11.3. The Balaban J connectivity index is 1.66. The van der Waals surface area contributed by atoms with E-state index in [1.165, 1.54) is 13.3 Å². The third-order valence-corrected chi connectivity index (χ3v) is 3.89. The highest BCUT2D eigenvalue weighted by molar-refractivity contribution is 5.96. The maximum absolute atomic E-state index is 12.6. The number of carbonyl (C=O) groups excluding carboxylic acids is 1. The van der Waals surface area contributed by atoms with Gasteiger partial charge in [-0.15, -0.1) is 0 Å². The molecule has 0 spiro atoms. The van der Waals surface area contributed by atoms with Gasteiger partial charge in [-0.1, -0.05) is 24.3 Å². The highest BCUT2D eigenvalue weighted by atomic mass is 19.4. The van der Waals surface area contributed by atoms with Crippen LogP contribution in [0.2, 0.25) is 0 Å². The Morgan fingerprint density at radius 2 is 1.81 bits per heavy atom. The number of hydrogen-bond acceptors (Lipinski definition) is 3. The van der Waals surface area contributed by atoms with E-state index in [0.29, 0.717) is 17.0 Å². The van der Waals surface area contributed by atoms with Gasteiger partial charge in [-0.2, -0.15) is 18.3 Å². The van der Waals surface area contributed by atoms with Gasteiger partial charge in [0.15, 0.2) is 5.69 Å². The van der Waals surface area contributed by atoms with Crippen molar-refractivity contribution < 1.29 is 22.7 Å². The number of rotatable bonds is 5. The molecule has 140 valence electrons. The predicted molar refractivity (Wildman–Crippen MR) is 92.7 cm³/mol. The van der Waals surface area contributed by atoms with E-state index < -0.39 is 11.9 Å². The van der Waals surface area contributed by atoms with Crippen molar-refractivity contribution in [2.45, 2.75) is 12.7 Å². The lowest BCUT2D eigenvalue weighted by Gasteiger charge is -2.09. The van der Waals surface area contributed by atoms with Gasteiger partial charge < -0.3 is 10.1 Å². The molecule has 1 aromatic heterocycles. The molecule has 0 aliphatic rings. The van der Waals surface area contributed by atoms with Gasteiger partial charge >= 0.3 is 6.18 Å². The van der Waals surface area contributed by atoms with Gasteiger partial charge in [-0.25, -0.2) is 4.68 Å². The zero-order chi connectivity index (χ0) is 19.4. The minimum atomic E-state index is -4.48. The largest absolute Gasteiger partial charge is 0.496 e. The highest BCUT2D eigenvalue weighted by Crippen LogP contribution is 2.27. The fourth-order valence-corrected chi connectivity index (χ4v) is 2.50. The number of amides is 1. The van der Waals surface area contributed by atoms with Crippen LogP contribution in [0.3, 0.4) is 0 Å². The second kappa shape index (κ2) is 7.53. The zero-order valence-electron chi connectivity index (χ0n) is 14.3. The minimum Gasteiger partial charge on any atom is -0.496 e. The lowest BCUT2D eigenvalue weighted by atomic mass is 10.1. The molecule has 1 heterocycles. The molecule has 0 atom stereocenters. The van der Waals surface area contributed by atoms with Crippen molar-refractivity contribution in [3.8, 4) is 11.4 Å². The maximum atomic E-state index is 12.6. The van der Waals surface area contributed by atoms with Crippen molar-refractivity contribution in [2.24, 2.45) is 0 Å². The highest BCUT2D eigenvalue weighted by Gasteiger charge is 2.33. The summed E-state index contributed by atoms with van der Waals surface area (Å²) in [7, 11) is 1.49. The van der Waals surface area contributed by atoms with E-state index in [4.69, 9.17) is 4.74 Å². The van der Waals surface area contributed by atoms with Crippen LogP contribution in [0.5, 0.6) is 5.75 Å². The van der Waals surface area contributed by atoms with E-state index in [9.17, 15) is 18.0 Å². The lowest BCUT2D eigenvalue weighted by molar-refractivity contribution is -0.141. The van der Waals surface area contributed by atoms with E-state index >= 15 is 0 Å². The van der Waals surface area contributed by atoms with Crippen LogP contribution in [0, 0.1) is 0 Å². The molecule has 1 amide bonds. The lowest BCUT2D eigenvalue weighted by Crippen LogP contribution is -2.23. The fraction of sp³-hybridized carbons (Fsp3) is 0.158. The quantitative estimate of drug-likeness (QED) is 0.737. The number of para-hydroxylation sites is 1. The van der Waals surface area contributed by atoms with Crippen LogP contribution in [0.1, 0.15) is 21.6 Å². The molecule has 5 nitrogen and oxygen atoms in total. The number of benzene rings is 2. The van der Waals surface area contributed by atoms with Crippen LogP contribution < -0.4 is 10.1 Å². The summed E-state index contributed by atoms with van der Waals surface area (Å²) in [6, 6.07) is 14.5. The standard InChI is InChI=1S/C19H16F3N3O2/c1-27-16-5-3-2-4-15(16)18(26)23-12-13-6-8-14(9-7-13)25-11-10-17(24-25)19(20,21)22/h2-11H,12H2,1H3,(H,23,26). The molecule has 8 heteroatoms. The Morgan fingerprint density at radius 3 is 2.44 bits per heavy atom. The van der Waals surface area contributed by atoms with Crippen LogP contribution in [0.25, 0.3) is 5.69 Å². The summed E-state index contributed by atoms with van der Waals surface area (Å²) in [6.07, 6.45) is -3.23. The van der Waals surface area contributed by atoms with Gasteiger partial charge in [0.25, 0.3) is 5.91 Å². The Labute approximate surface area is 153 Å². The van der Waals surface area contributed by atoms with Crippen molar-refractivity contribution in [3.05, 3.63) is 77.6 Å². The van der Waals surface area contributed by atoms with Gasteiger partial charge in [-0.3, -0.25) is 4.79 Å². The maximum Gasteiger partial charge on any atom is 0.435 e. The van der Waals surface area contributed by atoms with Gasteiger partial charge in [0.2, 0.25) is 0 Å². The second-order valence-corrected chi connectivity index (χ2v) is 5.69. The number of aromatic nitrogens is 2. The van der Waals surface area contributed by atoms with Gasteiger partial charge in [0.05, 0.1) is 18.4 Å². The predicted octanol–water partition coefficient (Wildman–Crippen LogP) is 3.83. The number of halogens is 3. The van der Waals surface area contributed by atoms with Gasteiger partial charge in [-0.05, 0) is 35.9 Å². The summed E-state index contributed by atoms with van der Waals surface area (Å²) in [4.78, 5) is 12.3. The molecular formula is C19H16F3N3O2. The molecule has 1 N–H and O–H groups in total. The summed E-state index contributed by atoms with van der Waals surface area (Å²) >= 11 is 0. The van der Waals surface area contributed by atoms with E-state index in [1.807, 2.05) is 0 Å². The summed E-state index contributed by atoms with van der Waals surface area (Å²) in [5, 5.41) is 6.31. The molecular weight excluding hydrogens is 359 g/mol. The zero-order valence-corrected chi connectivity index (χ0v) is 14.3. The average Bonchev–Trinajstić information content (AvgIpc) is 3.17. The number of nitrogens with zero attached hydrogens (tertiary/aromatic N) is 2. The van der Waals surface area contributed by atoms with Crippen molar-refractivity contribution in [1.29, 1.82) is 0 Å². The molecule has 0 radical (unpaired) electrons. The van der Waals surface area contributed by atoms with Crippen LogP contribution in [0.15, 0.2) is 60.8 Å². The smallest absolute Gasteiger partial charge is 0.435 e. The molecule has 0 fully saturated rings. The minimum absolute atomic E-state index is 0.268. The molecule has 2 aromatic carbocycles. The van der Waals surface area contributed by atoms with E-state index in [1.54, 1.807) is 48.5 Å². The van der Waals surface area contributed by atoms with Crippen molar-refractivity contribution in [1.82, 2.24) is 15.1 Å². The van der Waals surface area contributed by atoms with Gasteiger partial charge in [0, 0.05) is 12.7 Å². The van der Waals surface area contributed by atoms with E-state index in [2.05, 4.69) is 10.4 Å². The average molecular weight is 375 g/mol. The number of nitrogens with one attached hydrogen (secondary N) is 1. The van der Waals surface area contributed by atoms with Crippen LogP contribution in [-0.4, -0.2) is 22.8 Å². The van der Waals surface area contributed by atoms with Crippen molar-refractivity contribution in [3.63, 3.8) is 0 Å². The van der Waals surface area contributed by atoms with Crippen molar-refractivity contribution in [2.75, 3.05) is 7.11 Å².